The Morgan fingerprint density at radius 1 is 1.24 bits per heavy atom. The molecule has 17 heavy (non-hydrogen) atoms. The molecule has 1 fully saturated rings. The molecule has 1 saturated carbocycles. The lowest BCUT2D eigenvalue weighted by Gasteiger charge is -2.43. The molecule has 2 aliphatic rings. The minimum Gasteiger partial charge on any atom is -0.471 e. The third-order valence-corrected chi connectivity index (χ3v) is 4.15. The summed E-state index contributed by atoms with van der Waals surface area (Å²) in [6.07, 6.45) is 5.06. The molecule has 0 aromatic heterocycles. The average molecular weight is 229 g/mol. The van der Waals surface area contributed by atoms with Gasteiger partial charge in [0.1, 0.15) is 5.60 Å². The highest BCUT2D eigenvalue weighted by molar-refractivity contribution is 5.94. The molecule has 1 aliphatic heterocycles. The normalized spacial score (nSPS) is 32.3. The molecule has 1 heterocycles. The van der Waals surface area contributed by atoms with Gasteiger partial charge < -0.3 is 4.74 Å². The van der Waals surface area contributed by atoms with Gasteiger partial charge in [0.25, 0.3) is 0 Å². The largest absolute Gasteiger partial charge is 0.471 e. The van der Waals surface area contributed by atoms with Gasteiger partial charge in [-0.25, -0.2) is 0 Å². The highest BCUT2D eigenvalue weighted by Gasteiger charge is 2.41. The van der Waals surface area contributed by atoms with Crippen LogP contribution >= 0.6 is 0 Å². The van der Waals surface area contributed by atoms with E-state index in [2.05, 4.69) is 24.0 Å². The molecule has 0 unspecified atom stereocenters. The maximum atomic E-state index is 6.21. The predicted octanol–water partition coefficient (Wildman–Crippen LogP) is 3.41. The Morgan fingerprint density at radius 3 is 2.88 bits per heavy atom. The molecule has 1 aromatic carbocycles. The highest BCUT2D eigenvalue weighted by atomic mass is 16.5. The summed E-state index contributed by atoms with van der Waals surface area (Å²) in [5, 5.41) is 0. The van der Waals surface area contributed by atoms with E-state index in [-0.39, 0.29) is 5.60 Å². The molecule has 0 amide bonds. The number of nitrogens with zero attached hydrogens (tertiary/aromatic N) is 1. The fourth-order valence-corrected chi connectivity index (χ4v) is 2.97. The molecule has 2 atom stereocenters. The van der Waals surface area contributed by atoms with Crippen molar-refractivity contribution in [2.75, 3.05) is 6.54 Å². The number of benzene rings is 1. The quantitative estimate of drug-likeness (QED) is 0.723. The van der Waals surface area contributed by atoms with Crippen LogP contribution in [0.4, 0.5) is 0 Å². The Labute approximate surface area is 103 Å². The molecule has 2 heteroatoms. The van der Waals surface area contributed by atoms with Crippen LogP contribution < -0.4 is 0 Å². The first kappa shape index (κ1) is 10.8. The van der Waals surface area contributed by atoms with E-state index < -0.39 is 0 Å². The summed E-state index contributed by atoms with van der Waals surface area (Å²) < 4.78 is 6.21. The lowest BCUT2D eigenvalue weighted by Crippen LogP contribution is -2.46. The molecule has 1 aromatic rings. The standard InChI is InChI=1S/C15H19NO/c1-15-10-6-5-9-13(15)11-16-14(17-15)12-7-3-2-4-8-12/h2-4,7-8,13H,5-6,9-11H2,1H3/t13-,15-/m0/s1. The van der Waals surface area contributed by atoms with Crippen molar-refractivity contribution in [1.29, 1.82) is 0 Å². The summed E-state index contributed by atoms with van der Waals surface area (Å²) in [5.74, 6) is 1.45. The Bertz CT molecular complexity index is 426. The van der Waals surface area contributed by atoms with Gasteiger partial charge in [0, 0.05) is 18.0 Å². The average Bonchev–Trinajstić information content (AvgIpc) is 2.38. The summed E-state index contributed by atoms with van der Waals surface area (Å²) in [7, 11) is 0. The molecule has 2 nitrogen and oxygen atoms in total. The monoisotopic (exact) mass is 229 g/mol. The number of hydrogen-bond acceptors (Lipinski definition) is 2. The van der Waals surface area contributed by atoms with Crippen LogP contribution in [-0.4, -0.2) is 18.0 Å². The van der Waals surface area contributed by atoms with Gasteiger partial charge in [0.2, 0.25) is 5.90 Å². The first-order valence-electron chi connectivity index (χ1n) is 6.57. The SMILES string of the molecule is C[C@]12CCCC[C@H]1CN=C(c1ccccc1)O2. The Balaban J connectivity index is 1.87. The van der Waals surface area contributed by atoms with Crippen LogP contribution in [0.5, 0.6) is 0 Å². The van der Waals surface area contributed by atoms with Crippen molar-refractivity contribution in [2.45, 2.75) is 38.2 Å². The van der Waals surface area contributed by atoms with E-state index in [1.54, 1.807) is 0 Å². The van der Waals surface area contributed by atoms with Gasteiger partial charge in [-0.05, 0) is 38.3 Å². The molecule has 3 rings (SSSR count). The van der Waals surface area contributed by atoms with Crippen LogP contribution in [0.25, 0.3) is 0 Å². The summed E-state index contributed by atoms with van der Waals surface area (Å²) >= 11 is 0. The molecule has 0 bridgehead atoms. The van der Waals surface area contributed by atoms with E-state index in [0.29, 0.717) is 5.92 Å². The number of rotatable bonds is 1. The second kappa shape index (κ2) is 4.17. The smallest absolute Gasteiger partial charge is 0.216 e. The topological polar surface area (TPSA) is 21.6 Å². The van der Waals surface area contributed by atoms with Crippen molar-refractivity contribution in [3.8, 4) is 0 Å². The third-order valence-electron chi connectivity index (χ3n) is 4.15. The summed E-state index contributed by atoms with van der Waals surface area (Å²) in [4.78, 5) is 4.62. The Morgan fingerprint density at radius 2 is 2.06 bits per heavy atom. The van der Waals surface area contributed by atoms with Gasteiger partial charge in [-0.15, -0.1) is 0 Å². The summed E-state index contributed by atoms with van der Waals surface area (Å²) in [5.41, 5.74) is 1.13. The van der Waals surface area contributed by atoms with Crippen LogP contribution in [0.15, 0.2) is 35.3 Å². The van der Waals surface area contributed by atoms with Crippen molar-refractivity contribution < 1.29 is 4.74 Å². The fraction of sp³-hybridized carbons (Fsp3) is 0.533. The van der Waals surface area contributed by atoms with Crippen LogP contribution in [0.1, 0.15) is 38.2 Å². The molecule has 90 valence electrons. The van der Waals surface area contributed by atoms with Crippen LogP contribution in [0.2, 0.25) is 0 Å². The van der Waals surface area contributed by atoms with Crippen molar-refractivity contribution in [3.63, 3.8) is 0 Å². The summed E-state index contributed by atoms with van der Waals surface area (Å²) in [6, 6.07) is 10.3. The molecular weight excluding hydrogens is 210 g/mol. The zero-order valence-corrected chi connectivity index (χ0v) is 10.4. The van der Waals surface area contributed by atoms with Gasteiger partial charge in [0.05, 0.1) is 0 Å². The zero-order chi connectivity index (χ0) is 11.7. The maximum absolute atomic E-state index is 6.21. The van der Waals surface area contributed by atoms with Crippen molar-refractivity contribution in [1.82, 2.24) is 0 Å². The number of ether oxygens (including phenoxy) is 1. The van der Waals surface area contributed by atoms with Gasteiger partial charge in [0.15, 0.2) is 0 Å². The molecule has 1 aliphatic carbocycles. The lowest BCUT2D eigenvalue weighted by atomic mass is 9.76. The minimum absolute atomic E-state index is 0.0190. The van der Waals surface area contributed by atoms with E-state index in [1.807, 2.05) is 18.2 Å². The zero-order valence-electron chi connectivity index (χ0n) is 10.4. The lowest BCUT2D eigenvalue weighted by molar-refractivity contribution is -0.0253. The molecular formula is C15H19NO. The van der Waals surface area contributed by atoms with Gasteiger partial charge in [-0.1, -0.05) is 24.6 Å². The Hall–Kier alpha value is -1.31. The second-order valence-corrected chi connectivity index (χ2v) is 5.37. The number of hydrogen-bond donors (Lipinski definition) is 0. The van der Waals surface area contributed by atoms with Gasteiger partial charge in [-0.3, -0.25) is 4.99 Å². The fourth-order valence-electron chi connectivity index (χ4n) is 2.97. The summed E-state index contributed by atoms with van der Waals surface area (Å²) in [6.45, 7) is 3.19. The second-order valence-electron chi connectivity index (χ2n) is 5.37. The van der Waals surface area contributed by atoms with Gasteiger partial charge >= 0.3 is 0 Å². The predicted molar refractivity (Wildman–Crippen MR) is 69.3 cm³/mol. The number of aliphatic imine (C=N–C) groups is 1. The highest BCUT2D eigenvalue weighted by Crippen LogP contribution is 2.39. The minimum atomic E-state index is 0.0190. The van der Waals surface area contributed by atoms with E-state index in [0.717, 1.165) is 18.0 Å². The molecule has 0 N–H and O–H groups in total. The van der Waals surface area contributed by atoms with Crippen molar-refractivity contribution in [3.05, 3.63) is 35.9 Å². The van der Waals surface area contributed by atoms with Crippen molar-refractivity contribution in [2.24, 2.45) is 10.9 Å². The van der Waals surface area contributed by atoms with Crippen LogP contribution in [-0.2, 0) is 4.74 Å². The van der Waals surface area contributed by atoms with E-state index in [9.17, 15) is 0 Å². The van der Waals surface area contributed by atoms with E-state index in [4.69, 9.17) is 4.74 Å². The van der Waals surface area contributed by atoms with Gasteiger partial charge in [-0.2, -0.15) is 0 Å². The Kier molecular flexibility index (Phi) is 2.65. The van der Waals surface area contributed by atoms with Crippen LogP contribution in [0, 0.1) is 5.92 Å². The van der Waals surface area contributed by atoms with Crippen LogP contribution in [0.3, 0.4) is 0 Å². The number of fused-ring (bicyclic) bond motifs is 1. The first-order valence-corrected chi connectivity index (χ1v) is 6.57. The molecule has 0 spiro atoms. The molecule has 0 radical (unpaired) electrons. The van der Waals surface area contributed by atoms with E-state index in [1.165, 1.54) is 25.7 Å². The maximum Gasteiger partial charge on any atom is 0.216 e. The van der Waals surface area contributed by atoms with Crippen molar-refractivity contribution >= 4 is 5.90 Å². The third kappa shape index (κ3) is 1.97. The first-order chi connectivity index (χ1) is 8.28. The van der Waals surface area contributed by atoms with E-state index >= 15 is 0 Å². The molecule has 0 saturated heterocycles.